The minimum atomic E-state index is -0.297. The number of nitrogens with zero attached hydrogens (tertiary/aromatic N) is 3. The normalized spacial score (nSPS) is 15.7. The first-order valence-electron chi connectivity index (χ1n) is 11.6. The molecule has 0 saturated carbocycles. The molecule has 1 saturated heterocycles. The Morgan fingerprint density at radius 1 is 1.00 bits per heavy atom. The van der Waals surface area contributed by atoms with Crippen molar-refractivity contribution in [2.24, 2.45) is 0 Å². The number of carbonyl (C=O) groups is 3. The number of hydrogen-bond donors (Lipinski definition) is 1. The van der Waals surface area contributed by atoms with E-state index in [4.69, 9.17) is 9.47 Å². The monoisotopic (exact) mass is 506 g/mol. The minimum Gasteiger partial charge on any atom is -0.493 e. The lowest BCUT2D eigenvalue weighted by atomic mass is 9.98. The average Bonchev–Trinajstić information content (AvgIpc) is 3.47. The largest absolute Gasteiger partial charge is 0.493 e. The van der Waals surface area contributed by atoms with E-state index in [0.717, 1.165) is 36.7 Å². The fourth-order valence-corrected chi connectivity index (χ4v) is 5.23. The number of ether oxygens (including phenoxy) is 2. The maximum absolute atomic E-state index is 12.7. The number of rotatable bonds is 7. The average molecular weight is 507 g/mol. The van der Waals surface area contributed by atoms with E-state index in [-0.39, 0.29) is 30.6 Å². The molecule has 0 spiro atoms. The van der Waals surface area contributed by atoms with Crippen LogP contribution in [0.3, 0.4) is 0 Å². The summed E-state index contributed by atoms with van der Waals surface area (Å²) in [6.45, 7) is 2.35. The number of nitrogens with one attached hydrogen (secondary N) is 1. The maximum Gasteiger partial charge on any atom is 0.257 e. The van der Waals surface area contributed by atoms with Crippen LogP contribution in [0.15, 0.2) is 41.8 Å². The predicted molar refractivity (Wildman–Crippen MR) is 136 cm³/mol. The molecule has 5 rings (SSSR count). The Bertz CT molecular complexity index is 1300. The van der Waals surface area contributed by atoms with Crippen molar-refractivity contribution in [2.75, 3.05) is 31.0 Å². The number of anilines is 2. The van der Waals surface area contributed by atoms with E-state index in [1.54, 1.807) is 38.5 Å². The van der Waals surface area contributed by atoms with Crippen LogP contribution in [-0.4, -0.2) is 48.4 Å². The molecule has 36 heavy (non-hydrogen) atoms. The second-order valence-corrected chi connectivity index (χ2v) is 9.56. The number of hydrogen-bond acceptors (Lipinski definition) is 8. The lowest BCUT2D eigenvalue weighted by Crippen LogP contribution is -2.30. The Balaban J connectivity index is 1.20. The second-order valence-electron chi connectivity index (χ2n) is 8.70. The minimum absolute atomic E-state index is 0.219. The van der Waals surface area contributed by atoms with E-state index >= 15 is 0 Å². The smallest absolute Gasteiger partial charge is 0.257 e. The Morgan fingerprint density at radius 2 is 1.67 bits per heavy atom. The first kappa shape index (κ1) is 24.0. The molecule has 0 atom stereocenters. The van der Waals surface area contributed by atoms with Crippen LogP contribution < -0.4 is 19.7 Å². The molecule has 2 aliphatic heterocycles. The summed E-state index contributed by atoms with van der Waals surface area (Å²) >= 11 is 1.38. The highest BCUT2D eigenvalue weighted by molar-refractivity contribution is 7.14. The van der Waals surface area contributed by atoms with Gasteiger partial charge in [-0.05, 0) is 53.9 Å². The lowest BCUT2D eigenvalue weighted by molar-refractivity contribution is -0.121. The van der Waals surface area contributed by atoms with Crippen molar-refractivity contribution in [3.05, 3.63) is 64.2 Å². The standard InChI is InChI=1S/C26H26N4O5S/c1-34-21-11-17-9-10-29(13-18(17)12-22(21)35-2)14-19-15-36-26(27-19)28-25(33)16-3-5-20(6-4-16)30-23(31)7-8-24(30)32/h3-6,11-12,15H,7-10,13-14H2,1-2H3,(H,27,28,33). The molecular formula is C26H26N4O5S. The zero-order valence-corrected chi connectivity index (χ0v) is 20.9. The molecule has 1 fully saturated rings. The quantitative estimate of drug-likeness (QED) is 0.489. The lowest BCUT2D eigenvalue weighted by Gasteiger charge is -2.29. The fraction of sp³-hybridized carbons (Fsp3) is 0.308. The van der Waals surface area contributed by atoms with Gasteiger partial charge in [0, 0.05) is 43.4 Å². The highest BCUT2D eigenvalue weighted by Gasteiger charge is 2.30. The van der Waals surface area contributed by atoms with Crippen LogP contribution in [0.4, 0.5) is 10.8 Å². The van der Waals surface area contributed by atoms with Gasteiger partial charge in [0.1, 0.15) is 0 Å². The number of carbonyl (C=O) groups excluding carboxylic acids is 3. The van der Waals surface area contributed by atoms with Gasteiger partial charge in [-0.1, -0.05) is 0 Å². The van der Waals surface area contributed by atoms with Gasteiger partial charge in [-0.25, -0.2) is 4.98 Å². The molecule has 0 aliphatic carbocycles. The summed E-state index contributed by atoms with van der Waals surface area (Å²) in [6, 6.07) is 10.5. The Labute approximate surface area is 212 Å². The number of thiazole rings is 1. The first-order chi connectivity index (χ1) is 17.4. The van der Waals surface area contributed by atoms with Gasteiger partial charge in [-0.15, -0.1) is 11.3 Å². The molecule has 2 aliphatic rings. The van der Waals surface area contributed by atoms with Gasteiger partial charge >= 0.3 is 0 Å². The third-order valence-electron chi connectivity index (χ3n) is 6.39. The van der Waals surface area contributed by atoms with Gasteiger partial charge in [-0.3, -0.25) is 29.5 Å². The molecule has 10 heteroatoms. The molecule has 3 amide bonds. The number of fused-ring (bicyclic) bond motifs is 1. The van der Waals surface area contributed by atoms with E-state index < -0.39 is 0 Å². The number of aromatic nitrogens is 1. The molecule has 0 radical (unpaired) electrons. The molecule has 0 bridgehead atoms. The van der Waals surface area contributed by atoms with Crippen LogP contribution >= 0.6 is 11.3 Å². The van der Waals surface area contributed by atoms with Gasteiger partial charge in [0.15, 0.2) is 16.6 Å². The summed E-state index contributed by atoms with van der Waals surface area (Å²) < 4.78 is 10.9. The van der Waals surface area contributed by atoms with Crippen molar-refractivity contribution < 1.29 is 23.9 Å². The van der Waals surface area contributed by atoms with Crippen molar-refractivity contribution in [3.63, 3.8) is 0 Å². The van der Waals surface area contributed by atoms with Crippen LogP contribution in [0.2, 0.25) is 0 Å². The van der Waals surface area contributed by atoms with Gasteiger partial charge in [-0.2, -0.15) is 0 Å². The predicted octanol–water partition coefficient (Wildman–Crippen LogP) is 3.62. The van der Waals surface area contributed by atoms with Crippen LogP contribution in [0.5, 0.6) is 11.5 Å². The molecule has 3 aromatic rings. The SMILES string of the molecule is COc1cc2c(cc1OC)CN(Cc1csc(NC(=O)c3ccc(N4C(=O)CCC4=O)cc3)n1)CC2. The highest BCUT2D eigenvalue weighted by Crippen LogP contribution is 2.33. The first-order valence-corrected chi connectivity index (χ1v) is 12.5. The number of methoxy groups -OCH3 is 2. The molecule has 1 N–H and O–H groups in total. The van der Waals surface area contributed by atoms with Crippen LogP contribution in [0.1, 0.15) is 40.0 Å². The van der Waals surface area contributed by atoms with E-state index in [0.29, 0.717) is 22.9 Å². The Morgan fingerprint density at radius 3 is 2.33 bits per heavy atom. The highest BCUT2D eigenvalue weighted by atomic mass is 32.1. The fourth-order valence-electron chi connectivity index (χ4n) is 4.54. The molecule has 1 aromatic heterocycles. The third-order valence-corrected chi connectivity index (χ3v) is 7.20. The van der Waals surface area contributed by atoms with Gasteiger partial charge in [0.25, 0.3) is 5.91 Å². The molecule has 186 valence electrons. The summed E-state index contributed by atoms with van der Waals surface area (Å²) in [6.07, 6.45) is 1.36. The van der Waals surface area contributed by atoms with Crippen molar-refractivity contribution in [1.29, 1.82) is 0 Å². The van der Waals surface area contributed by atoms with Crippen molar-refractivity contribution in [1.82, 2.24) is 9.88 Å². The van der Waals surface area contributed by atoms with Crippen molar-refractivity contribution in [3.8, 4) is 11.5 Å². The summed E-state index contributed by atoms with van der Waals surface area (Å²) in [5.74, 6) is 0.738. The van der Waals surface area contributed by atoms with Crippen molar-refractivity contribution >= 4 is 39.9 Å². The van der Waals surface area contributed by atoms with E-state index in [1.165, 1.54) is 27.4 Å². The second kappa shape index (κ2) is 10.1. The van der Waals surface area contributed by atoms with Gasteiger partial charge < -0.3 is 9.47 Å². The molecule has 3 heterocycles. The van der Waals surface area contributed by atoms with Crippen LogP contribution in [0, 0.1) is 0 Å². The summed E-state index contributed by atoms with van der Waals surface area (Å²) in [7, 11) is 3.28. The molecule has 0 unspecified atom stereocenters. The third kappa shape index (κ3) is 4.82. The Hall–Kier alpha value is -3.76. The zero-order chi connectivity index (χ0) is 25.2. The van der Waals surface area contributed by atoms with Gasteiger partial charge in [0.2, 0.25) is 11.8 Å². The van der Waals surface area contributed by atoms with E-state index in [2.05, 4.69) is 21.3 Å². The Kier molecular flexibility index (Phi) is 6.71. The molecular weight excluding hydrogens is 480 g/mol. The van der Waals surface area contributed by atoms with Crippen LogP contribution in [0.25, 0.3) is 0 Å². The van der Waals surface area contributed by atoms with E-state index in [9.17, 15) is 14.4 Å². The number of imide groups is 1. The van der Waals surface area contributed by atoms with Crippen molar-refractivity contribution in [2.45, 2.75) is 32.4 Å². The maximum atomic E-state index is 12.7. The summed E-state index contributed by atoms with van der Waals surface area (Å²) in [5.41, 5.74) is 4.27. The topological polar surface area (TPSA) is 101 Å². The number of benzene rings is 2. The molecule has 2 aromatic carbocycles. The zero-order valence-electron chi connectivity index (χ0n) is 20.1. The van der Waals surface area contributed by atoms with E-state index in [1.807, 2.05) is 11.4 Å². The summed E-state index contributed by atoms with van der Waals surface area (Å²) in [4.78, 5) is 44.6. The number of amides is 3. The van der Waals surface area contributed by atoms with Gasteiger partial charge in [0.05, 0.1) is 25.6 Å². The van der Waals surface area contributed by atoms with Crippen LogP contribution in [-0.2, 0) is 29.1 Å². The summed E-state index contributed by atoms with van der Waals surface area (Å²) in [5, 5.41) is 5.31. The molecule has 9 nitrogen and oxygen atoms in total.